The molecule has 0 amide bonds. The predicted molar refractivity (Wildman–Crippen MR) is 37.9 cm³/mol. The molecule has 1 rings (SSSR count). The summed E-state index contributed by atoms with van der Waals surface area (Å²) in [7, 11) is 0. The first-order chi connectivity index (χ1) is 4.84. The van der Waals surface area contributed by atoms with Crippen LogP contribution in [0.2, 0.25) is 0 Å². The molecule has 0 aromatic carbocycles. The Kier molecular flexibility index (Phi) is 2.36. The summed E-state index contributed by atoms with van der Waals surface area (Å²) < 4.78 is 0. The minimum Gasteiger partial charge on any atom is -0.297 e. The van der Waals surface area contributed by atoms with E-state index in [1.165, 1.54) is 0 Å². The average molecular weight is 138 g/mol. The third-order valence-corrected chi connectivity index (χ3v) is 1.38. The molecule has 0 aliphatic rings. The molecule has 3 nitrogen and oxygen atoms in total. The highest BCUT2D eigenvalue weighted by atomic mass is 16.6. The van der Waals surface area contributed by atoms with Gasteiger partial charge in [0.2, 0.25) is 0 Å². The van der Waals surface area contributed by atoms with Gasteiger partial charge in [0.1, 0.15) is 6.10 Å². The number of aromatic nitrogens is 1. The van der Waals surface area contributed by atoms with E-state index in [0.717, 1.165) is 5.56 Å². The van der Waals surface area contributed by atoms with Crippen molar-refractivity contribution in [3.05, 3.63) is 30.1 Å². The fraction of sp³-hybridized carbons (Fsp3) is 0.286. The minimum absolute atomic E-state index is 0.0528. The average Bonchev–Trinajstić information content (AvgIpc) is 2.05. The first kappa shape index (κ1) is 7.18. The van der Waals surface area contributed by atoms with E-state index in [1.54, 1.807) is 12.4 Å². The summed E-state index contributed by atoms with van der Waals surface area (Å²) in [6.45, 7) is 1.88. The van der Waals surface area contributed by atoms with Crippen LogP contribution in [-0.2, 0) is 4.84 Å². The van der Waals surface area contributed by atoms with Gasteiger partial charge in [-0.25, -0.2) is 5.90 Å². The standard InChI is InChI=1S/C7H10N2O/c1-6(10-8)7-2-4-9-5-3-7/h2-6H,8H2,1H3. The molecule has 3 heteroatoms. The molecule has 1 heterocycles. The van der Waals surface area contributed by atoms with Gasteiger partial charge in [-0.3, -0.25) is 9.82 Å². The molecule has 1 aromatic rings. The zero-order chi connectivity index (χ0) is 7.40. The Hall–Kier alpha value is -0.930. The first-order valence-electron chi connectivity index (χ1n) is 3.10. The Morgan fingerprint density at radius 3 is 2.60 bits per heavy atom. The van der Waals surface area contributed by atoms with Crippen LogP contribution in [0.15, 0.2) is 24.5 Å². The number of pyridine rings is 1. The summed E-state index contributed by atoms with van der Waals surface area (Å²) >= 11 is 0. The molecule has 1 aromatic heterocycles. The van der Waals surface area contributed by atoms with Gasteiger partial charge in [0.05, 0.1) is 0 Å². The fourth-order valence-electron chi connectivity index (χ4n) is 0.713. The zero-order valence-corrected chi connectivity index (χ0v) is 5.82. The van der Waals surface area contributed by atoms with E-state index in [0.29, 0.717) is 0 Å². The molecule has 0 aliphatic heterocycles. The number of nitrogens with zero attached hydrogens (tertiary/aromatic N) is 1. The fourth-order valence-corrected chi connectivity index (χ4v) is 0.713. The molecule has 2 N–H and O–H groups in total. The summed E-state index contributed by atoms with van der Waals surface area (Å²) in [5, 5.41) is 0. The lowest BCUT2D eigenvalue weighted by Gasteiger charge is -2.06. The molecule has 10 heavy (non-hydrogen) atoms. The Bertz CT molecular complexity index is 188. The molecular formula is C7H10N2O. The smallest absolute Gasteiger partial charge is 0.101 e. The molecule has 0 radical (unpaired) electrons. The lowest BCUT2D eigenvalue weighted by molar-refractivity contribution is 0.0663. The summed E-state index contributed by atoms with van der Waals surface area (Å²) in [6, 6.07) is 3.75. The first-order valence-corrected chi connectivity index (χ1v) is 3.10. The SMILES string of the molecule is CC(ON)c1ccncc1. The zero-order valence-electron chi connectivity index (χ0n) is 5.82. The topological polar surface area (TPSA) is 48.1 Å². The van der Waals surface area contributed by atoms with Crippen molar-refractivity contribution in [2.24, 2.45) is 5.90 Å². The van der Waals surface area contributed by atoms with Crippen LogP contribution in [0, 0.1) is 0 Å². The Balaban J connectivity index is 2.75. The Labute approximate surface area is 59.8 Å². The maximum atomic E-state index is 4.98. The van der Waals surface area contributed by atoms with E-state index in [2.05, 4.69) is 9.82 Å². The highest BCUT2D eigenvalue weighted by molar-refractivity contribution is 5.11. The quantitative estimate of drug-likeness (QED) is 0.621. The van der Waals surface area contributed by atoms with E-state index in [9.17, 15) is 0 Å². The van der Waals surface area contributed by atoms with Crippen molar-refractivity contribution >= 4 is 0 Å². The number of hydrogen-bond donors (Lipinski definition) is 1. The van der Waals surface area contributed by atoms with Crippen molar-refractivity contribution in [1.29, 1.82) is 0 Å². The normalized spacial score (nSPS) is 13.0. The second-order valence-corrected chi connectivity index (χ2v) is 2.06. The van der Waals surface area contributed by atoms with Crippen LogP contribution in [0.4, 0.5) is 0 Å². The highest BCUT2D eigenvalue weighted by Crippen LogP contribution is 2.11. The Morgan fingerprint density at radius 2 is 2.10 bits per heavy atom. The lowest BCUT2D eigenvalue weighted by atomic mass is 10.2. The van der Waals surface area contributed by atoms with Gasteiger partial charge in [-0.1, -0.05) is 0 Å². The second kappa shape index (κ2) is 3.29. The van der Waals surface area contributed by atoms with Gasteiger partial charge in [-0.2, -0.15) is 0 Å². The maximum Gasteiger partial charge on any atom is 0.101 e. The van der Waals surface area contributed by atoms with Gasteiger partial charge in [0, 0.05) is 12.4 Å². The molecule has 0 fully saturated rings. The van der Waals surface area contributed by atoms with Crippen molar-refractivity contribution < 1.29 is 4.84 Å². The second-order valence-electron chi connectivity index (χ2n) is 2.06. The van der Waals surface area contributed by atoms with Crippen molar-refractivity contribution in [2.45, 2.75) is 13.0 Å². The number of hydrogen-bond acceptors (Lipinski definition) is 3. The molecule has 0 spiro atoms. The number of nitrogens with two attached hydrogens (primary N) is 1. The van der Waals surface area contributed by atoms with Crippen molar-refractivity contribution in [3.63, 3.8) is 0 Å². The molecule has 0 aliphatic carbocycles. The van der Waals surface area contributed by atoms with Gasteiger partial charge in [0.25, 0.3) is 0 Å². The summed E-state index contributed by atoms with van der Waals surface area (Å²) in [6.07, 6.45) is 3.37. The molecule has 1 atom stereocenters. The van der Waals surface area contributed by atoms with E-state index >= 15 is 0 Å². The monoisotopic (exact) mass is 138 g/mol. The van der Waals surface area contributed by atoms with Gasteiger partial charge < -0.3 is 0 Å². The van der Waals surface area contributed by atoms with Crippen LogP contribution in [0.1, 0.15) is 18.6 Å². The van der Waals surface area contributed by atoms with Crippen molar-refractivity contribution in [1.82, 2.24) is 4.98 Å². The van der Waals surface area contributed by atoms with Crippen LogP contribution in [0.5, 0.6) is 0 Å². The van der Waals surface area contributed by atoms with E-state index in [4.69, 9.17) is 5.90 Å². The molecule has 0 saturated carbocycles. The summed E-state index contributed by atoms with van der Waals surface area (Å²) in [4.78, 5) is 8.47. The van der Waals surface area contributed by atoms with Crippen molar-refractivity contribution in [2.75, 3.05) is 0 Å². The molecule has 0 saturated heterocycles. The van der Waals surface area contributed by atoms with Gasteiger partial charge in [0.15, 0.2) is 0 Å². The van der Waals surface area contributed by atoms with Crippen LogP contribution in [0.25, 0.3) is 0 Å². The van der Waals surface area contributed by atoms with Crippen LogP contribution < -0.4 is 5.90 Å². The number of rotatable bonds is 2. The molecule has 0 bridgehead atoms. The molecule has 1 unspecified atom stereocenters. The predicted octanol–water partition coefficient (Wildman–Crippen LogP) is 1.03. The van der Waals surface area contributed by atoms with Gasteiger partial charge in [-0.15, -0.1) is 0 Å². The molecule has 54 valence electrons. The van der Waals surface area contributed by atoms with Gasteiger partial charge in [-0.05, 0) is 24.6 Å². The Morgan fingerprint density at radius 1 is 1.50 bits per heavy atom. The maximum absolute atomic E-state index is 4.98. The van der Waals surface area contributed by atoms with Crippen LogP contribution in [-0.4, -0.2) is 4.98 Å². The van der Waals surface area contributed by atoms with Crippen LogP contribution >= 0.6 is 0 Å². The third-order valence-electron chi connectivity index (χ3n) is 1.38. The summed E-state index contributed by atoms with van der Waals surface area (Å²) in [5.74, 6) is 4.98. The largest absolute Gasteiger partial charge is 0.297 e. The third kappa shape index (κ3) is 1.52. The lowest BCUT2D eigenvalue weighted by Crippen LogP contribution is -2.04. The van der Waals surface area contributed by atoms with Crippen molar-refractivity contribution in [3.8, 4) is 0 Å². The molecular weight excluding hydrogens is 128 g/mol. The van der Waals surface area contributed by atoms with Crippen LogP contribution in [0.3, 0.4) is 0 Å². The van der Waals surface area contributed by atoms with E-state index in [-0.39, 0.29) is 6.10 Å². The highest BCUT2D eigenvalue weighted by Gasteiger charge is 2.00. The summed E-state index contributed by atoms with van der Waals surface area (Å²) in [5.41, 5.74) is 1.04. The van der Waals surface area contributed by atoms with Gasteiger partial charge >= 0.3 is 0 Å². The van der Waals surface area contributed by atoms with E-state index < -0.39 is 0 Å². The minimum atomic E-state index is -0.0528. The van der Waals surface area contributed by atoms with E-state index in [1.807, 2.05) is 19.1 Å².